The molecule has 1 aliphatic heterocycles. The van der Waals surface area contributed by atoms with Crippen LogP contribution in [0.25, 0.3) is 21.9 Å². The fourth-order valence-electron chi connectivity index (χ4n) is 5.31. The van der Waals surface area contributed by atoms with Crippen LogP contribution >= 0.6 is 0 Å². The van der Waals surface area contributed by atoms with E-state index < -0.39 is 0 Å². The van der Waals surface area contributed by atoms with Crippen molar-refractivity contribution in [2.75, 3.05) is 4.90 Å². The SMILES string of the molecule is c1ccc(N2c3ccccc3B(c3ccc4oc5ccccc5c4c3)c3ccccc32)cc1. The first-order chi connectivity index (χ1) is 16.4. The molecule has 0 saturated carbocycles. The summed E-state index contributed by atoms with van der Waals surface area (Å²) in [6, 6.07) is 43.1. The van der Waals surface area contributed by atoms with Gasteiger partial charge in [-0.2, -0.15) is 0 Å². The second-order valence-corrected chi connectivity index (χ2v) is 8.58. The minimum absolute atomic E-state index is 0.149. The number of furan rings is 1. The minimum atomic E-state index is 0.149. The molecule has 3 heteroatoms. The Kier molecular flexibility index (Phi) is 3.97. The van der Waals surface area contributed by atoms with Crippen LogP contribution in [0.2, 0.25) is 0 Å². The van der Waals surface area contributed by atoms with Gasteiger partial charge in [0.1, 0.15) is 11.2 Å². The van der Waals surface area contributed by atoms with E-state index in [1.165, 1.54) is 38.8 Å². The summed E-state index contributed by atoms with van der Waals surface area (Å²) in [5, 5.41) is 2.33. The lowest BCUT2D eigenvalue weighted by molar-refractivity contribution is 0.669. The van der Waals surface area contributed by atoms with E-state index in [1.807, 2.05) is 12.1 Å². The molecule has 0 atom stereocenters. The van der Waals surface area contributed by atoms with Crippen molar-refractivity contribution in [3.8, 4) is 0 Å². The molecule has 33 heavy (non-hydrogen) atoms. The molecule has 0 amide bonds. The topological polar surface area (TPSA) is 16.4 Å². The molecule has 2 heterocycles. The zero-order valence-electron chi connectivity index (χ0n) is 18.0. The highest BCUT2D eigenvalue weighted by Crippen LogP contribution is 2.35. The molecule has 1 aromatic heterocycles. The van der Waals surface area contributed by atoms with Gasteiger partial charge in [-0.3, -0.25) is 0 Å². The van der Waals surface area contributed by atoms with Gasteiger partial charge in [0.15, 0.2) is 0 Å². The number of benzene rings is 5. The molecule has 154 valence electrons. The fourth-order valence-corrected chi connectivity index (χ4v) is 5.31. The number of fused-ring (bicyclic) bond motifs is 5. The first kappa shape index (κ1) is 18.3. The number of rotatable bonds is 2. The molecule has 0 aliphatic carbocycles. The zero-order valence-corrected chi connectivity index (χ0v) is 18.0. The van der Waals surface area contributed by atoms with Gasteiger partial charge in [-0.25, -0.2) is 0 Å². The van der Waals surface area contributed by atoms with Crippen LogP contribution < -0.4 is 21.3 Å². The van der Waals surface area contributed by atoms with E-state index in [0.717, 1.165) is 16.6 Å². The van der Waals surface area contributed by atoms with Crippen LogP contribution in [0.3, 0.4) is 0 Å². The third kappa shape index (κ3) is 2.76. The number of para-hydroxylation sites is 4. The van der Waals surface area contributed by atoms with Crippen LogP contribution in [-0.4, -0.2) is 6.71 Å². The van der Waals surface area contributed by atoms with Crippen molar-refractivity contribution in [1.29, 1.82) is 0 Å². The first-order valence-corrected chi connectivity index (χ1v) is 11.3. The quantitative estimate of drug-likeness (QED) is 0.324. The highest BCUT2D eigenvalue weighted by Gasteiger charge is 2.34. The Balaban J connectivity index is 1.49. The molecular weight excluding hydrogens is 401 g/mol. The number of hydrogen-bond acceptors (Lipinski definition) is 2. The van der Waals surface area contributed by atoms with Crippen LogP contribution in [-0.2, 0) is 0 Å². The smallest absolute Gasteiger partial charge is 0.246 e. The third-order valence-corrected chi connectivity index (χ3v) is 6.73. The lowest BCUT2D eigenvalue weighted by Gasteiger charge is -2.37. The van der Waals surface area contributed by atoms with E-state index in [1.54, 1.807) is 0 Å². The Hall–Kier alpha value is -4.24. The Morgan fingerprint density at radius 2 is 1.12 bits per heavy atom. The van der Waals surface area contributed by atoms with Crippen molar-refractivity contribution < 1.29 is 4.42 Å². The molecular formula is C30H20BNO. The average Bonchev–Trinajstić information content (AvgIpc) is 3.25. The largest absolute Gasteiger partial charge is 0.456 e. The van der Waals surface area contributed by atoms with E-state index in [4.69, 9.17) is 4.42 Å². The summed E-state index contributed by atoms with van der Waals surface area (Å²) >= 11 is 0. The molecule has 6 aromatic rings. The van der Waals surface area contributed by atoms with Crippen LogP contribution in [0.15, 0.2) is 126 Å². The second kappa shape index (κ2) is 7.14. The van der Waals surface area contributed by atoms with Crippen molar-refractivity contribution >= 4 is 62.1 Å². The molecule has 0 bridgehead atoms. The van der Waals surface area contributed by atoms with E-state index in [0.29, 0.717) is 0 Å². The van der Waals surface area contributed by atoms with Gasteiger partial charge in [-0.15, -0.1) is 0 Å². The normalized spacial score (nSPS) is 12.7. The zero-order chi connectivity index (χ0) is 21.8. The van der Waals surface area contributed by atoms with Gasteiger partial charge in [-0.1, -0.05) is 90.4 Å². The monoisotopic (exact) mass is 421 g/mol. The highest BCUT2D eigenvalue weighted by molar-refractivity contribution is 6.98. The Morgan fingerprint density at radius 1 is 0.515 bits per heavy atom. The summed E-state index contributed by atoms with van der Waals surface area (Å²) < 4.78 is 6.10. The summed E-state index contributed by atoms with van der Waals surface area (Å²) in [7, 11) is 0. The van der Waals surface area contributed by atoms with Gasteiger partial charge >= 0.3 is 0 Å². The number of hydrogen-bond donors (Lipinski definition) is 0. The molecule has 0 fully saturated rings. The maximum Gasteiger partial charge on any atom is 0.246 e. The van der Waals surface area contributed by atoms with E-state index >= 15 is 0 Å². The van der Waals surface area contributed by atoms with Crippen LogP contribution in [0.4, 0.5) is 17.1 Å². The van der Waals surface area contributed by atoms with Crippen molar-refractivity contribution in [2.24, 2.45) is 0 Å². The predicted molar refractivity (Wildman–Crippen MR) is 140 cm³/mol. The maximum atomic E-state index is 6.10. The molecule has 0 spiro atoms. The van der Waals surface area contributed by atoms with E-state index in [-0.39, 0.29) is 6.71 Å². The van der Waals surface area contributed by atoms with Crippen molar-refractivity contribution in [3.63, 3.8) is 0 Å². The lowest BCUT2D eigenvalue weighted by Crippen LogP contribution is -2.57. The summed E-state index contributed by atoms with van der Waals surface area (Å²) in [5.74, 6) is 0. The Bertz CT molecular complexity index is 1590. The van der Waals surface area contributed by atoms with Crippen LogP contribution in [0, 0.1) is 0 Å². The molecule has 0 N–H and O–H groups in total. The Labute approximate surface area is 192 Å². The highest BCUT2D eigenvalue weighted by atomic mass is 16.3. The van der Waals surface area contributed by atoms with Crippen molar-refractivity contribution in [2.45, 2.75) is 0 Å². The Morgan fingerprint density at radius 3 is 1.88 bits per heavy atom. The van der Waals surface area contributed by atoms with Gasteiger partial charge in [0, 0.05) is 27.8 Å². The third-order valence-electron chi connectivity index (χ3n) is 6.73. The first-order valence-electron chi connectivity index (χ1n) is 11.3. The lowest BCUT2D eigenvalue weighted by atomic mass is 9.35. The molecule has 2 nitrogen and oxygen atoms in total. The molecule has 0 radical (unpaired) electrons. The summed E-state index contributed by atoms with van der Waals surface area (Å²) in [6.45, 7) is 0.149. The van der Waals surface area contributed by atoms with Crippen LogP contribution in [0.5, 0.6) is 0 Å². The average molecular weight is 421 g/mol. The standard InChI is InChI=1S/C30H20BNO/c1-2-10-22(11-3-1)32-27-15-7-5-13-25(27)31(26-14-6-8-16-28(26)32)21-18-19-30-24(20-21)23-12-4-9-17-29(23)33-30/h1-20H. The molecule has 1 aliphatic rings. The summed E-state index contributed by atoms with van der Waals surface area (Å²) in [4.78, 5) is 2.38. The second-order valence-electron chi connectivity index (χ2n) is 8.58. The van der Waals surface area contributed by atoms with Gasteiger partial charge in [-0.05, 0) is 47.3 Å². The van der Waals surface area contributed by atoms with Gasteiger partial charge in [0.25, 0.3) is 0 Å². The predicted octanol–water partition coefficient (Wildman–Crippen LogP) is 5.89. The number of anilines is 3. The fraction of sp³-hybridized carbons (Fsp3) is 0. The van der Waals surface area contributed by atoms with Gasteiger partial charge < -0.3 is 9.32 Å². The number of nitrogens with zero attached hydrogens (tertiary/aromatic N) is 1. The van der Waals surface area contributed by atoms with Crippen molar-refractivity contribution in [3.05, 3.63) is 121 Å². The summed E-state index contributed by atoms with van der Waals surface area (Å²) in [6.07, 6.45) is 0. The molecule has 5 aromatic carbocycles. The minimum Gasteiger partial charge on any atom is -0.456 e. The molecule has 0 unspecified atom stereocenters. The maximum absolute atomic E-state index is 6.10. The molecule has 7 rings (SSSR count). The van der Waals surface area contributed by atoms with E-state index in [2.05, 4.69) is 114 Å². The van der Waals surface area contributed by atoms with Gasteiger partial charge in [0.05, 0.1) is 0 Å². The molecule has 0 saturated heterocycles. The summed E-state index contributed by atoms with van der Waals surface area (Å²) in [5.41, 5.74) is 9.40. The van der Waals surface area contributed by atoms with E-state index in [9.17, 15) is 0 Å². The van der Waals surface area contributed by atoms with Gasteiger partial charge in [0.2, 0.25) is 6.71 Å². The van der Waals surface area contributed by atoms with Crippen molar-refractivity contribution in [1.82, 2.24) is 0 Å². The van der Waals surface area contributed by atoms with Crippen LogP contribution in [0.1, 0.15) is 0 Å².